The lowest BCUT2D eigenvalue weighted by Crippen LogP contribution is -2.16. The third-order valence-electron chi connectivity index (χ3n) is 3.53. The Bertz CT molecular complexity index is 190. The van der Waals surface area contributed by atoms with E-state index in [1.165, 1.54) is 51.4 Å². The van der Waals surface area contributed by atoms with Crippen LogP contribution in [0.5, 0.6) is 0 Å². The van der Waals surface area contributed by atoms with Crippen molar-refractivity contribution in [1.29, 1.82) is 0 Å². The van der Waals surface area contributed by atoms with Crippen LogP contribution in [0.4, 0.5) is 4.79 Å². The molecule has 0 saturated carbocycles. The molecule has 0 rings (SSSR count). The lowest BCUT2D eigenvalue weighted by Gasteiger charge is -2.15. The number of hydrogen-bond acceptors (Lipinski definition) is 2. The minimum Gasteiger partial charge on any atom is -0.450 e. The monoisotopic (exact) mass is 272 g/mol. The zero-order valence-electron chi connectivity index (χ0n) is 12.8. The summed E-state index contributed by atoms with van der Waals surface area (Å²) in [5, 5.41) is 8.74. The van der Waals surface area contributed by atoms with Crippen LogP contribution in [0.3, 0.4) is 0 Å². The maximum atomic E-state index is 10.7. The molecule has 0 aliphatic rings. The van der Waals surface area contributed by atoms with E-state index in [-0.39, 0.29) is 6.10 Å². The van der Waals surface area contributed by atoms with Crippen molar-refractivity contribution in [2.24, 2.45) is 0 Å². The van der Waals surface area contributed by atoms with Crippen LogP contribution in [-0.2, 0) is 4.74 Å². The van der Waals surface area contributed by atoms with Crippen LogP contribution in [-0.4, -0.2) is 17.4 Å². The van der Waals surface area contributed by atoms with Crippen LogP contribution in [0.15, 0.2) is 0 Å². The van der Waals surface area contributed by atoms with Gasteiger partial charge in [0.15, 0.2) is 0 Å². The van der Waals surface area contributed by atoms with Gasteiger partial charge in [0.05, 0.1) is 0 Å². The second-order valence-corrected chi connectivity index (χ2v) is 5.41. The van der Waals surface area contributed by atoms with Crippen LogP contribution in [0.2, 0.25) is 0 Å². The second kappa shape index (κ2) is 13.7. The van der Waals surface area contributed by atoms with Gasteiger partial charge in [-0.3, -0.25) is 0 Å². The molecule has 0 fully saturated rings. The van der Waals surface area contributed by atoms with Crippen molar-refractivity contribution in [3.05, 3.63) is 0 Å². The lowest BCUT2D eigenvalue weighted by molar-refractivity contribution is 0.0422. The van der Waals surface area contributed by atoms with Crippen LogP contribution in [0, 0.1) is 0 Å². The molecule has 0 unspecified atom stereocenters. The highest BCUT2D eigenvalue weighted by Gasteiger charge is 2.12. The largest absolute Gasteiger partial charge is 0.506 e. The van der Waals surface area contributed by atoms with E-state index in [9.17, 15) is 4.79 Å². The summed E-state index contributed by atoms with van der Waals surface area (Å²) in [6, 6.07) is 0. The fourth-order valence-electron chi connectivity index (χ4n) is 2.36. The Balaban J connectivity index is 3.66. The van der Waals surface area contributed by atoms with Crippen molar-refractivity contribution in [2.45, 2.75) is 97.0 Å². The van der Waals surface area contributed by atoms with Crippen molar-refractivity contribution in [3.63, 3.8) is 0 Å². The normalized spacial score (nSPS) is 10.9. The van der Waals surface area contributed by atoms with Gasteiger partial charge in [-0.2, -0.15) is 0 Å². The molecule has 0 bridgehead atoms. The first kappa shape index (κ1) is 18.3. The molecule has 0 saturated heterocycles. The molecule has 114 valence electrons. The summed E-state index contributed by atoms with van der Waals surface area (Å²) < 4.78 is 4.98. The zero-order chi connectivity index (χ0) is 14.3. The van der Waals surface area contributed by atoms with Crippen molar-refractivity contribution in [3.8, 4) is 0 Å². The lowest BCUT2D eigenvalue weighted by atomic mass is 10.0. The van der Waals surface area contributed by atoms with E-state index < -0.39 is 6.16 Å². The minimum absolute atomic E-state index is 0.0826. The molecule has 19 heavy (non-hydrogen) atoms. The Kier molecular flexibility index (Phi) is 13.2. The number of unbranched alkanes of at least 4 members (excludes halogenated alkanes) is 8. The number of carbonyl (C=O) groups is 1. The van der Waals surface area contributed by atoms with Gasteiger partial charge in [0.25, 0.3) is 0 Å². The van der Waals surface area contributed by atoms with E-state index in [0.717, 1.165) is 25.7 Å². The van der Waals surface area contributed by atoms with Crippen molar-refractivity contribution in [1.82, 2.24) is 0 Å². The number of rotatable bonds is 13. The topological polar surface area (TPSA) is 46.5 Å². The summed E-state index contributed by atoms with van der Waals surface area (Å²) >= 11 is 0. The molecular weight excluding hydrogens is 240 g/mol. The van der Waals surface area contributed by atoms with Crippen molar-refractivity contribution >= 4 is 6.16 Å². The summed E-state index contributed by atoms with van der Waals surface area (Å²) in [6.07, 6.45) is 12.7. The Hall–Kier alpha value is -0.730. The molecule has 3 nitrogen and oxygen atoms in total. The van der Waals surface area contributed by atoms with E-state index in [2.05, 4.69) is 13.8 Å². The van der Waals surface area contributed by atoms with Gasteiger partial charge in [-0.15, -0.1) is 0 Å². The SMILES string of the molecule is CCCCCCCC(CCCCCCC)OC(=O)O. The Morgan fingerprint density at radius 1 is 0.842 bits per heavy atom. The predicted molar refractivity (Wildman–Crippen MR) is 79.6 cm³/mol. The van der Waals surface area contributed by atoms with Gasteiger partial charge >= 0.3 is 6.16 Å². The highest BCUT2D eigenvalue weighted by molar-refractivity contribution is 5.57. The summed E-state index contributed by atoms with van der Waals surface area (Å²) in [4.78, 5) is 10.7. The maximum Gasteiger partial charge on any atom is 0.506 e. The van der Waals surface area contributed by atoms with Crippen LogP contribution in [0.1, 0.15) is 90.9 Å². The zero-order valence-corrected chi connectivity index (χ0v) is 12.8. The fraction of sp³-hybridized carbons (Fsp3) is 0.938. The molecule has 0 amide bonds. The van der Waals surface area contributed by atoms with Gasteiger partial charge in [0.1, 0.15) is 6.10 Å². The highest BCUT2D eigenvalue weighted by atomic mass is 16.7. The number of hydrogen-bond donors (Lipinski definition) is 1. The molecular formula is C16H32O3. The summed E-state index contributed by atoms with van der Waals surface area (Å²) in [5.74, 6) is 0. The van der Waals surface area contributed by atoms with E-state index >= 15 is 0 Å². The van der Waals surface area contributed by atoms with Gasteiger partial charge < -0.3 is 9.84 Å². The predicted octanol–water partition coefficient (Wildman–Crippen LogP) is 5.77. The van der Waals surface area contributed by atoms with Gasteiger partial charge in [0, 0.05) is 0 Å². The molecule has 0 aliphatic heterocycles. The number of carboxylic acid groups (broad SMARTS) is 1. The van der Waals surface area contributed by atoms with E-state index in [4.69, 9.17) is 9.84 Å². The van der Waals surface area contributed by atoms with Crippen molar-refractivity contribution in [2.75, 3.05) is 0 Å². The third kappa shape index (κ3) is 13.5. The van der Waals surface area contributed by atoms with Gasteiger partial charge in [-0.25, -0.2) is 4.79 Å². The Morgan fingerprint density at radius 2 is 1.26 bits per heavy atom. The summed E-state index contributed by atoms with van der Waals surface area (Å²) in [5.41, 5.74) is 0. The standard InChI is InChI=1S/C16H32O3/c1-3-5-7-9-11-13-15(19-16(17)18)14-12-10-8-6-4-2/h15H,3-14H2,1-2H3,(H,17,18). The minimum atomic E-state index is -1.12. The number of ether oxygens (including phenoxy) is 1. The molecule has 0 heterocycles. The van der Waals surface area contributed by atoms with Crippen LogP contribution in [0.25, 0.3) is 0 Å². The quantitative estimate of drug-likeness (QED) is 0.342. The fourth-order valence-corrected chi connectivity index (χ4v) is 2.36. The highest BCUT2D eigenvalue weighted by Crippen LogP contribution is 2.16. The molecule has 0 aromatic rings. The summed E-state index contributed by atoms with van der Waals surface area (Å²) in [7, 11) is 0. The van der Waals surface area contributed by atoms with E-state index in [1.807, 2.05) is 0 Å². The molecule has 0 aromatic carbocycles. The second-order valence-electron chi connectivity index (χ2n) is 5.41. The average Bonchev–Trinajstić information content (AvgIpc) is 2.37. The molecule has 1 N–H and O–H groups in total. The molecule has 0 radical (unpaired) electrons. The summed E-state index contributed by atoms with van der Waals surface area (Å²) in [6.45, 7) is 4.40. The third-order valence-corrected chi connectivity index (χ3v) is 3.53. The molecule has 0 spiro atoms. The first-order chi connectivity index (χ1) is 9.20. The maximum absolute atomic E-state index is 10.7. The van der Waals surface area contributed by atoms with Crippen LogP contribution < -0.4 is 0 Å². The first-order valence-corrected chi connectivity index (χ1v) is 8.10. The molecule has 3 heteroatoms. The Morgan fingerprint density at radius 3 is 1.63 bits per heavy atom. The Labute approximate surface area is 118 Å². The van der Waals surface area contributed by atoms with Gasteiger partial charge in [-0.05, 0) is 25.7 Å². The van der Waals surface area contributed by atoms with E-state index in [0.29, 0.717) is 0 Å². The van der Waals surface area contributed by atoms with Crippen LogP contribution >= 0.6 is 0 Å². The smallest absolute Gasteiger partial charge is 0.450 e. The molecule has 0 aromatic heterocycles. The van der Waals surface area contributed by atoms with E-state index in [1.54, 1.807) is 0 Å². The molecule has 0 aliphatic carbocycles. The average molecular weight is 272 g/mol. The molecule has 0 atom stereocenters. The first-order valence-electron chi connectivity index (χ1n) is 8.10. The van der Waals surface area contributed by atoms with Gasteiger partial charge in [0.2, 0.25) is 0 Å². The van der Waals surface area contributed by atoms with Crippen molar-refractivity contribution < 1.29 is 14.6 Å². The van der Waals surface area contributed by atoms with Gasteiger partial charge in [-0.1, -0.05) is 65.2 Å².